The number of carbonyl (C=O) groups is 1. The minimum Gasteiger partial charge on any atom is -0.544 e. The molecule has 0 bridgehead atoms. The summed E-state index contributed by atoms with van der Waals surface area (Å²) in [6.07, 6.45) is 1.75. The molecular weight excluding hydrogens is 520 g/mol. The van der Waals surface area contributed by atoms with Crippen LogP contribution in [0.3, 0.4) is 0 Å². The van der Waals surface area contributed by atoms with E-state index in [1.54, 1.807) is 18.3 Å². The van der Waals surface area contributed by atoms with Crippen LogP contribution in [0, 0.1) is 17.0 Å². The van der Waals surface area contributed by atoms with E-state index in [1.165, 1.54) is 12.1 Å². The third kappa shape index (κ3) is 6.79. The Labute approximate surface area is 235 Å². The van der Waals surface area contributed by atoms with Gasteiger partial charge in [-0.3, -0.25) is 14.9 Å². The zero-order valence-corrected chi connectivity index (χ0v) is 24.7. The fourth-order valence-electron chi connectivity index (χ4n) is 3.77. The van der Waals surface area contributed by atoms with Gasteiger partial charge in [-0.25, -0.2) is 9.97 Å². The molecule has 0 saturated carbocycles. The summed E-state index contributed by atoms with van der Waals surface area (Å²) in [6, 6.07) is 21.5. The lowest BCUT2D eigenvalue weighted by Gasteiger charge is -2.36. The Hall–Kier alpha value is -4.37. The van der Waals surface area contributed by atoms with Gasteiger partial charge in [-0.05, 0) is 54.9 Å². The maximum Gasteiger partial charge on any atom is 0.269 e. The van der Waals surface area contributed by atoms with Crippen molar-refractivity contribution < 1.29 is 14.1 Å². The van der Waals surface area contributed by atoms with Crippen LogP contribution in [0.25, 0.3) is 22.5 Å². The van der Waals surface area contributed by atoms with Crippen LogP contribution < -0.4 is 9.74 Å². The Morgan fingerprint density at radius 2 is 1.55 bits per heavy atom. The number of aromatic nitrogens is 2. The zero-order valence-electron chi connectivity index (χ0n) is 23.7. The number of nitrogens with zero attached hydrogens (tertiary/aromatic N) is 3. The number of benzene rings is 3. The van der Waals surface area contributed by atoms with E-state index < -0.39 is 13.2 Å². The minimum absolute atomic E-state index is 0.0297. The molecule has 0 atom stereocenters. The Balaban J connectivity index is 1.56. The molecule has 0 unspecified atom stereocenters. The van der Waals surface area contributed by atoms with Crippen molar-refractivity contribution in [3.8, 4) is 28.3 Å². The number of non-ortho nitro benzene ring substituents is 1. The topological polar surface area (TPSA) is 107 Å². The third-order valence-corrected chi connectivity index (χ3v) is 11.6. The lowest BCUT2D eigenvalue weighted by molar-refractivity contribution is -0.384. The van der Waals surface area contributed by atoms with Gasteiger partial charge >= 0.3 is 0 Å². The maximum absolute atomic E-state index is 13.1. The van der Waals surface area contributed by atoms with Gasteiger partial charge < -0.3 is 9.74 Å². The molecule has 1 N–H and O–H groups in total. The monoisotopic (exact) mass is 554 g/mol. The van der Waals surface area contributed by atoms with Crippen LogP contribution in [0.1, 0.15) is 31.9 Å². The number of hydrogen-bond donors (Lipinski definition) is 1. The van der Waals surface area contributed by atoms with Crippen molar-refractivity contribution >= 4 is 25.7 Å². The van der Waals surface area contributed by atoms with Gasteiger partial charge in [0, 0.05) is 23.3 Å². The first-order chi connectivity index (χ1) is 18.8. The van der Waals surface area contributed by atoms with Crippen LogP contribution in [-0.4, -0.2) is 29.1 Å². The number of hydrogen-bond acceptors (Lipinski definition) is 6. The molecule has 3 aromatic carbocycles. The van der Waals surface area contributed by atoms with E-state index >= 15 is 0 Å². The number of anilines is 1. The molecule has 1 heterocycles. The molecule has 9 heteroatoms. The van der Waals surface area contributed by atoms with Crippen LogP contribution in [0.5, 0.6) is 5.75 Å². The fraction of sp³-hybridized carbons (Fsp3) is 0.258. The predicted octanol–water partition coefficient (Wildman–Crippen LogP) is 7.59. The normalized spacial score (nSPS) is 11.7. The molecule has 1 amide bonds. The molecule has 0 aliphatic carbocycles. The highest BCUT2D eigenvalue weighted by Gasteiger charge is 2.38. The van der Waals surface area contributed by atoms with Crippen molar-refractivity contribution in [2.24, 2.45) is 0 Å². The van der Waals surface area contributed by atoms with Gasteiger partial charge in [-0.15, -0.1) is 0 Å². The van der Waals surface area contributed by atoms with Gasteiger partial charge in [-0.1, -0.05) is 62.7 Å². The number of nitro benzene ring substituents is 1. The lowest BCUT2D eigenvalue weighted by atomic mass is 10.1. The number of nitro groups is 1. The van der Waals surface area contributed by atoms with E-state index in [0.29, 0.717) is 17.0 Å². The third-order valence-electron chi connectivity index (χ3n) is 7.20. The predicted molar refractivity (Wildman–Crippen MR) is 161 cm³/mol. The molecular formula is C31H34N4O4Si. The number of rotatable bonds is 8. The zero-order chi connectivity index (χ0) is 29.1. The Bertz CT molecular complexity index is 1510. The van der Waals surface area contributed by atoms with Crippen LogP contribution in [0.4, 0.5) is 11.5 Å². The average molecular weight is 555 g/mol. The van der Waals surface area contributed by atoms with Crippen LogP contribution in [-0.2, 0) is 11.2 Å². The highest BCUT2D eigenvalue weighted by atomic mass is 28.4. The van der Waals surface area contributed by atoms with Crippen LogP contribution in [0.15, 0.2) is 79.0 Å². The molecule has 4 aromatic rings. The smallest absolute Gasteiger partial charge is 0.269 e. The summed E-state index contributed by atoms with van der Waals surface area (Å²) in [5.41, 5.74) is 4.46. The van der Waals surface area contributed by atoms with Gasteiger partial charge in [0.15, 0.2) is 5.82 Å². The molecule has 0 saturated heterocycles. The standard InChI is InChI=1S/C31H34N4O4Si/c1-21-7-11-23(12-8-21)27-20-32-30(29(33-27)24-13-15-25(16-14-24)35(37)38)34-28(36)19-22-9-17-26(18-10-22)39-40(5,6)31(2,3)4/h7-18,20H,19H2,1-6H3,(H,32,34,36). The Kier molecular flexibility index (Phi) is 8.15. The first kappa shape index (κ1) is 28.6. The second kappa shape index (κ2) is 11.4. The van der Waals surface area contributed by atoms with Gasteiger partial charge in [0.25, 0.3) is 5.69 Å². The van der Waals surface area contributed by atoms with Crippen molar-refractivity contribution in [3.05, 3.63) is 100 Å². The van der Waals surface area contributed by atoms with Crippen molar-refractivity contribution in [2.75, 3.05) is 5.32 Å². The van der Waals surface area contributed by atoms with Gasteiger partial charge in [0.1, 0.15) is 11.4 Å². The van der Waals surface area contributed by atoms with Gasteiger partial charge in [0.2, 0.25) is 14.2 Å². The molecule has 206 valence electrons. The van der Waals surface area contributed by atoms with E-state index in [2.05, 4.69) is 44.2 Å². The minimum atomic E-state index is -1.96. The van der Waals surface area contributed by atoms with E-state index in [0.717, 1.165) is 22.4 Å². The molecule has 0 aliphatic rings. The lowest BCUT2D eigenvalue weighted by Crippen LogP contribution is -2.43. The maximum atomic E-state index is 13.1. The summed E-state index contributed by atoms with van der Waals surface area (Å²) >= 11 is 0. The number of carbonyl (C=O) groups excluding carboxylic acids is 1. The second-order valence-electron chi connectivity index (χ2n) is 11.4. The van der Waals surface area contributed by atoms with E-state index in [-0.39, 0.29) is 28.9 Å². The Morgan fingerprint density at radius 1 is 0.950 bits per heavy atom. The van der Waals surface area contributed by atoms with Crippen LogP contribution in [0.2, 0.25) is 18.1 Å². The van der Waals surface area contributed by atoms with Crippen molar-refractivity contribution in [1.29, 1.82) is 0 Å². The number of amides is 1. The van der Waals surface area contributed by atoms with E-state index in [1.807, 2.05) is 55.5 Å². The molecule has 1 aromatic heterocycles. The molecule has 0 aliphatic heterocycles. The summed E-state index contributed by atoms with van der Waals surface area (Å²) in [5, 5.41) is 14.1. The highest BCUT2D eigenvalue weighted by molar-refractivity contribution is 6.74. The van der Waals surface area contributed by atoms with Gasteiger partial charge in [0.05, 0.1) is 23.2 Å². The summed E-state index contributed by atoms with van der Waals surface area (Å²) in [7, 11) is -1.96. The first-order valence-corrected chi connectivity index (χ1v) is 16.0. The first-order valence-electron chi connectivity index (χ1n) is 13.1. The molecule has 4 rings (SSSR count). The SMILES string of the molecule is Cc1ccc(-c2cnc(NC(=O)Cc3ccc(O[Si](C)(C)C(C)(C)C)cc3)c(-c3ccc([N+](=O)[O-])cc3)n2)cc1. The molecule has 0 spiro atoms. The van der Waals surface area contributed by atoms with Crippen molar-refractivity contribution in [2.45, 2.75) is 52.2 Å². The summed E-state index contributed by atoms with van der Waals surface area (Å²) in [5.74, 6) is 0.833. The fourth-order valence-corrected chi connectivity index (χ4v) is 4.80. The van der Waals surface area contributed by atoms with Gasteiger partial charge in [-0.2, -0.15) is 0 Å². The highest BCUT2D eigenvalue weighted by Crippen LogP contribution is 2.37. The summed E-state index contributed by atoms with van der Waals surface area (Å²) in [6.45, 7) is 13.0. The number of nitrogens with one attached hydrogen (secondary N) is 1. The summed E-state index contributed by atoms with van der Waals surface area (Å²) in [4.78, 5) is 33.1. The average Bonchev–Trinajstić information content (AvgIpc) is 2.90. The van der Waals surface area contributed by atoms with Crippen LogP contribution >= 0.6 is 0 Å². The molecule has 8 nitrogen and oxygen atoms in total. The molecule has 0 radical (unpaired) electrons. The second-order valence-corrected chi connectivity index (χ2v) is 16.1. The molecule has 0 fully saturated rings. The Morgan fingerprint density at radius 3 is 2.12 bits per heavy atom. The molecule has 40 heavy (non-hydrogen) atoms. The van der Waals surface area contributed by atoms with E-state index in [4.69, 9.17) is 9.41 Å². The van der Waals surface area contributed by atoms with Crippen molar-refractivity contribution in [3.63, 3.8) is 0 Å². The summed E-state index contributed by atoms with van der Waals surface area (Å²) < 4.78 is 6.34. The number of aryl methyl sites for hydroxylation is 1. The van der Waals surface area contributed by atoms with Crippen molar-refractivity contribution in [1.82, 2.24) is 9.97 Å². The van der Waals surface area contributed by atoms with E-state index in [9.17, 15) is 14.9 Å². The quantitative estimate of drug-likeness (QED) is 0.137. The largest absolute Gasteiger partial charge is 0.544 e.